The third kappa shape index (κ3) is 3.66. The Hall–Kier alpha value is -1.70. The van der Waals surface area contributed by atoms with Gasteiger partial charge in [-0.15, -0.1) is 0 Å². The van der Waals surface area contributed by atoms with Crippen LogP contribution in [0, 0.1) is 11.3 Å². The summed E-state index contributed by atoms with van der Waals surface area (Å²) in [6.45, 7) is 8.15. The van der Waals surface area contributed by atoms with Crippen molar-refractivity contribution in [1.82, 2.24) is 0 Å². The van der Waals surface area contributed by atoms with E-state index in [1.54, 1.807) is 4.90 Å². The fourth-order valence-electron chi connectivity index (χ4n) is 2.81. The molecule has 1 saturated heterocycles. The fraction of sp³-hybridized carbons (Fsp3) is 0.500. The Morgan fingerprint density at radius 1 is 1.20 bits per heavy atom. The number of benzene rings is 1. The van der Waals surface area contributed by atoms with Crippen molar-refractivity contribution in [2.45, 2.75) is 12.8 Å². The second-order valence-corrected chi connectivity index (χ2v) is 5.47. The van der Waals surface area contributed by atoms with Crippen molar-refractivity contribution < 1.29 is 14.6 Å². The van der Waals surface area contributed by atoms with E-state index in [4.69, 9.17) is 0 Å². The summed E-state index contributed by atoms with van der Waals surface area (Å²) in [5.74, 6) is -0.561. The van der Waals surface area contributed by atoms with Gasteiger partial charge in [0.15, 0.2) is 0 Å². The van der Waals surface area contributed by atoms with Crippen molar-refractivity contribution in [1.29, 1.82) is 5.26 Å². The number of hydrogen-bond acceptors (Lipinski definition) is 2. The first-order chi connectivity index (χ1) is 9.74. The highest BCUT2D eigenvalue weighted by Crippen LogP contribution is 2.14. The Kier molecular flexibility index (Phi) is 5.28. The van der Waals surface area contributed by atoms with Gasteiger partial charge in [-0.05, 0) is 12.5 Å². The van der Waals surface area contributed by atoms with E-state index in [9.17, 15) is 10.1 Å². The van der Waals surface area contributed by atoms with Crippen LogP contribution in [0.4, 0.5) is 0 Å². The Labute approximate surface area is 120 Å². The standard InChI is InChI=1S/C16H21N3O/c1-2-18-8-10-19(11-9-18)13-16(20)15(12-17)14-6-4-3-5-7-14/h3-7,15H,2,8-11,13H2,1H3/p+2/t15-/m0/s1. The zero-order chi connectivity index (χ0) is 14.4. The summed E-state index contributed by atoms with van der Waals surface area (Å²) >= 11 is 0. The molecular weight excluding hydrogens is 250 g/mol. The van der Waals surface area contributed by atoms with Crippen LogP contribution < -0.4 is 9.80 Å². The molecule has 20 heavy (non-hydrogen) atoms. The molecule has 1 fully saturated rings. The van der Waals surface area contributed by atoms with Crippen LogP contribution in [0.25, 0.3) is 0 Å². The molecule has 1 aromatic rings. The lowest BCUT2D eigenvalue weighted by Crippen LogP contribution is -3.28. The van der Waals surface area contributed by atoms with E-state index >= 15 is 0 Å². The largest absolute Gasteiger partial charge is 0.326 e. The molecule has 1 atom stereocenters. The fourth-order valence-corrected chi connectivity index (χ4v) is 2.81. The molecular formula is C16H23N3O+2. The number of likely N-dealkylation sites (N-methyl/N-ethyl adjacent to an activating group) is 1. The zero-order valence-electron chi connectivity index (χ0n) is 12.1. The highest BCUT2D eigenvalue weighted by atomic mass is 16.1. The van der Waals surface area contributed by atoms with Crippen LogP contribution in [-0.4, -0.2) is 45.1 Å². The number of carbonyl (C=O) groups excluding carboxylic acids is 1. The summed E-state index contributed by atoms with van der Waals surface area (Å²) < 4.78 is 0. The number of rotatable bonds is 5. The maximum Gasteiger partial charge on any atom is 0.208 e. The molecule has 4 heteroatoms. The molecule has 2 N–H and O–H groups in total. The van der Waals surface area contributed by atoms with Gasteiger partial charge in [0.25, 0.3) is 0 Å². The Morgan fingerprint density at radius 3 is 2.35 bits per heavy atom. The van der Waals surface area contributed by atoms with Crippen LogP contribution in [0.2, 0.25) is 0 Å². The van der Waals surface area contributed by atoms with Crippen molar-refractivity contribution in [2.75, 3.05) is 39.3 Å². The van der Waals surface area contributed by atoms with E-state index in [-0.39, 0.29) is 5.78 Å². The second-order valence-electron chi connectivity index (χ2n) is 5.47. The number of Topliss-reactive ketones (excluding diaryl/α,β-unsaturated/α-hetero) is 1. The summed E-state index contributed by atoms with van der Waals surface area (Å²) in [5, 5.41) is 9.28. The van der Waals surface area contributed by atoms with E-state index in [1.165, 1.54) is 4.90 Å². The minimum atomic E-state index is -0.611. The van der Waals surface area contributed by atoms with Gasteiger partial charge in [0, 0.05) is 0 Å². The van der Waals surface area contributed by atoms with E-state index < -0.39 is 5.92 Å². The molecule has 0 saturated carbocycles. The highest BCUT2D eigenvalue weighted by molar-refractivity contribution is 5.89. The minimum absolute atomic E-state index is 0.0497. The predicted molar refractivity (Wildman–Crippen MR) is 76.6 cm³/mol. The summed E-state index contributed by atoms with van der Waals surface area (Å²) in [7, 11) is 0. The molecule has 1 aliphatic rings. The van der Waals surface area contributed by atoms with Crippen LogP contribution in [0.5, 0.6) is 0 Å². The first kappa shape index (κ1) is 14.7. The lowest BCUT2D eigenvalue weighted by Gasteiger charge is -2.28. The molecule has 0 amide bonds. The number of nitriles is 1. The van der Waals surface area contributed by atoms with Crippen LogP contribution in [0.1, 0.15) is 18.4 Å². The SMILES string of the molecule is CC[NH+]1CC[NH+](CC(=O)[C@@H](C#N)c2ccccc2)CC1. The maximum absolute atomic E-state index is 12.3. The van der Waals surface area contributed by atoms with Crippen LogP contribution in [0.15, 0.2) is 30.3 Å². The van der Waals surface area contributed by atoms with Gasteiger partial charge in [0.05, 0.1) is 12.6 Å². The van der Waals surface area contributed by atoms with Crippen molar-refractivity contribution in [3.63, 3.8) is 0 Å². The number of nitrogens with one attached hydrogen (secondary N) is 2. The van der Waals surface area contributed by atoms with Crippen molar-refractivity contribution in [3.05, 3.63) is 35.9 Å². The molecule has 0 aromatic heterocycles. The predicted octanol–water partition coefficient (Wildman–Crippen LogP) is -1.33. The van der Waals surface area contributed by atoms with Gasteiger partial charge in [-0.2, -0.15) is 5.26 Å². The van der Waals surface area contributed by atoms with Crippen molar-refractivity contribution in [2.24, 2.45) is 0 Å². The Balaban J connectivity index is 1.93. The number of hydrogen-bond donors (Lipinski definition) is 2. The number of nitrogens with zero attached hydrogens (tertiary/aromatic N) is 1. The van der Waals surface area contributed by atoms with Gasteiger partial charge < -0.3 is 9.80 Å². The molecule has 1 aliphatic heterocycles. The van der Waals surface area contributed by atoms with Gasteiger partial charge in [-0.25, -0.2) is 0 Å². The molecule has 106 valence electrons. The Morgan fingerprint density at radius 2 is 1.80 bits per heavy atom. The summed E-state index contributed by atoms with van der Waals surface area (Å²) in [6.07, 6.45) is 0. The maximum atomic E-state index is 12.3. The Bertz CT molecular complexity index is 472. The third-order valence-electron chi connectivity index (χ3n) is 4.17. The van der Waals surface area contributed by atoms with Crippen molar-refractivity contribution in [3.8, 4) is 6.07 Å². The van der Waals surface area contributed by atoms with Gasteiger partial charge in [0.2, 0.25) is 5.78 Å². The molecule has 1 aromatic carbocycles. The van der Waals surface area contributed by atoms with Crippen LogP contribution in [0.3, 0.4) is 0 Å². The molecule has 0 aliphatic carbocycles. The first-order valence-corrected chi connectivity index (χ1v) is 7.39. The number of ketones is 1. The molecule has 2 rings (SSSR count). The number of quaternary nitrogens is 2. The highest BCUT2D eigenvalue weighted by Gasteiger charge is 2.28. The summed E-state index contributed by atoms with van der Waals surface area (Å²) in [4.78, 5) is 15.3. The molecule has 4 nitrogen and oxygen atoms in total. The van der Waals surface area contributed by atoms with E-state index in [2.05, 4.69) is 13.0 Å². The minimum Gasteiger partial charge on any atom is -0.326 e. The molecule has 0 bridgehead atoms. The third-order valence-corrected chi connectivity index (χ3v) is 4.17. The van der Waals surface area contributed by atoms with Gasteiger partial charge in [-0.1, -0.05) is 30.3 Å². The van der Waals surface area contributed by atoms with E-state index in [1.807, 2.05) is 30.3 Å². The van der Waals surface area contributed by atoms with Crippen molar-refractivity contribution >= 4 is 5.78 Å². The average molecular weight is 273 g/mol. The molecule has 0 radical (unpaired) electrons. The zero-order valence-corrected chi connectivity index (χ0v) is 12.1. The quantitative estimate of drug-likeness (QED) is 0.698. The number of carbonyl (C=O) groups is 1. The topological polar surface area (TPSA) is 49.7 Å². The van der Waals surface area contributed by atoms with Crippen LogP contribution in [-0.2, 0) is 4.79 Å². The summed E-state index contributed by atoms with van der Waals surface area (Å²) in [5.41, 5.74) is 0.817. The van der Waals surface area contributed by atoms with Gasteiger partial charge in [-0.3, -0.25) is 4.79 Å². The van der Waals surface area contributed by atoms with Gasteiger partial charge >= 0.3 is 0 Å². The summed E-state index contributed by atoms with van der Waals surface area (Å²) in [6, 6.07) is 11.5. The monoisotopic (exact) mass is 273 g/mol. The lowest BCUT2D eigenvalue weighted by atomic mass is 9.96. The lowest BCUT2D eigenvalue weighted by molar-refractivity contribution is -1.01. The van der Waals surface area contributed by atoms with Gasteiger partial charge in [0.1, 0.15) is 38.6 Å². The van der Waals surface area contributed by atoms with Crippen LogP contribution >= 0.6 is 0 Å². The molecule has 0 unspecified atom stereocenters. The smallest absolute Gasteiger partial charge is 0.208 e. The van der Waals surface area contributed by atoms with E-state index in [0.29, 0.717) is 6.54 Å². The molecule has 1 heterocycles. The molecule has 0 spiro atoms. The second kappa shape index (κ2) is 7.18. The number of piperazine rings is 1. The van der Waals surface area contributed by atoms with E-state index in [0.717, 1.165) is 38.3 Å². The average Bonchev–Trinajstić information content (AvgIpc) is 2.50. The first-order valence-electron chi connectivity index (χ1n) is 7.39. The normalized spacial score (nSPS) is 23.8.